The largest absolute Gasteiger partial charge is 0.493 e. The number of hydrogen-bond acceptors (Lipinski definition) is 9. The molecule has 2 aromatic carbocycles. The number of esters is 1. The van der Waals surface area contributed by atoms with Crippen LogP contribution in [-0.2, 0) is 16.0 Å². The van der Waals surface area contributed by atoms with Crippen molar-refractivity contribution in [3.63, 3.8) is 0 Å². The van der Waals surface area contributed by atoms with Crippen molar-refractivity contribution in [1.82, 2.24) is 9.55 Å². The van der Waals surface area contributed by atoms with Gasteiger partial charge in [0.2, 0.25) is 0 Å². The van der Waals surface area contributed by atoms with E-state index in [4.69, 9.17) is 18.9 Å². The Morgan fingerprint density at radius 3 is 2.54 bits per heavy atom. The maximum atomic E-state index is 13.4. The smallest absolute Gasteiger partial charge is 0.337 e. The first-order valence-corrected chi connectivity index (χ1v) is 12.1. The molecule has 1 unspecified atom stereocenters. The van der Waals surface area contributed by atoms with E-state index in [2.05, 4.69) is 4.98 Å². The Labute approximate surface area is 206 Å². The van der Waals surface area contributed by atoms with Gasteiger partial charge in [0.1, 0.15) is 0 Å². The summed E-state index contributed by atoms with van der Waals surface area (Å²) in [5.74, 6) is 0.361. The summed E-state index contributed by atoms with van der Waals surface area (Å²) < 4.78 is 22.6. The van der Waals surface area contributed by atoms with Crippen LogP contribution < -0.4 is 15.0 Å². The molecular formula is C25H26N2O7S. The van der Waals surface area contributed by atoms with E-state index in [0.29, 0.717) is 51.8 Å². The zero-order valence-electron chi connectivity index (χ0n) is 19.7. The first-order chi connectivity index (χ1) is 16.9. The molecule has 0 radical (unpaired) electrons. The Hall–Kier alpha value is -3.37. The maximum Gasteiger partial charge on any atom is 0.337 e. The third-order valence-corrected chi connectivity index (χ3v) is 6.77. The fraction of sp³-hybridized carbons (Fsp3) is 0.360. The van der Waals surface area contributed by atoms with Crippen molar-refractivity contribution in [3.8, 4) is 11.5 Å². The zero-order valence-corrected chi connectivity index (χ0v) is 20.6. The molecule has 0 bridgehead atoms. The molecule has 1 aromatic heterocycles. The van der Waals surface area contributed by atoms with E-state index in [9.17, 15) is 14.4 Å². The van der Waals surface area contributed by atoms with Crippen molar-refractivity contribution in [1.29, 1.82) is 0 Å². The van der Waals surface area contributed by atoms with Gasteiger partial charge in [0.25, 0.3) is 5.56 Å². The van der Waals surface area contributed by atoms with Crippen LogP contribution in [0.5, 0.6) is 11.5 Å². The molecule has 0 aliphatic carbocycles. The number of aromatic nitrogens is 2. The van der Waals surface area contributed by atoms with Gasteiger partial charge in [-0.15, -0.1) is 0 Å². The predicted octanol–water partition coefficient (Wildman–Crippen LogP) is 3.35. The highest BCUT2D eigenvalue weighted by atomic mass is 32.2. The predicted molar refractivity (Wildman–Crippen MR) is 131 cm³/mol. The van der Waals surface area contributed by atoms with Crippen LogP contribution in [0.1, 0.15) is 33.6 Å². The molecule has 10 heteroatoms. The lowest BCUT2D eigenvalue weighted by atomic mass is 10.1. The Bertz CT molecular complexity index is 1320. The van der Waals surface area contributed by atoms with Crippen molar-refractivity contribution < 1.29 is 28.5 Å². The lowest BCUT2D eigenvalue weighted by Gasteiger charge is -2.16. The Morgan fingerprint density at radius 1 is 1.09 bits per heavy atom. The number of methoxy groups -OCH3 is 3. The quantitative estimate of drug-likeness (QED) is 0.190. The summed E-state index contributed by atoms with van der Waals surface area (Å²) in [5.41, 5.74) is 0.864. The Morgan fingerprint density at radius 2 is 1.86 bits per heavy atom. The normalized spacial score (nSPS) is 15.2. The third kappa shape index (κ3) is 5.33. The number of rotatable bonds is 9. The molecular weight excluding hydrogens is 472 g/mol. The lowest BCUT2D eigenvalue weighted by Crippen LogP contribution is -2.29. The number of ketones is 1. The van der Waals surface area contributed by atoms with E-state index in [1.165, 1.54) is 27.4 Å². The second-order valence-electron chi connectivity index (χ2n) is 7.95. The van der Waals surface area contributed by atoms with E-state index in [1.54, 1.807) is 34.9 Å². The van der Waals surface area contributed by atoms with Gasteiger partial charge in [-0.2, -0.15) is 0 Å². The molecule has 0 N–H and O–H groups in total. The summed E-state index contributed by atoms with van der Waals surface area (Å²) in [4.78, 5) is 43.0. The van der Waals surface area contributed by atoms with Crippen LogP contribution in [0, 0.1) is 0 Å². The molecule has 2 heterocycles. The van der Waals surface area contributed by atoms with Gasteiger partial charge in [-0.25, -0.2) is 9.78 Å². The van der Waals surface area contributed by atoms with Gasteiger partial charge < -0.3 is 18.9 Å². The fourth-order valence-electron chi connectivity index (χ4n) is 3.93. The number of nitrogens with zero attached hydrogens (tertiary/aromatic N) is 2. The van der Waals surface area contributed by atoms with Crippen LogP contribution in [0.2, 0.25) is 0 Å². The average molecular weight is 499 g/mol. The van der Waals surface area contributed by atoms with Gasteiger partial charge in [-0.1, -0.05) is 11.8 Å². The summed E-state index contributed by atoms with van der Waals surface area (Å²) in [6.07, 6.45) is 1.69. The van der Waals surface area contributed by atoms with E-state index < -0.39 is 5.97 Å². The van der Waals surface area contributed by atoms with E-state index in [0.717, 1.165) is 24.6 Å². The molecule has 0 amide bonds. The minimum Gasteiger partial charge on any atom is -0.493 e. The second kappa shape index (κ2) is 10.9. The lowest BCUT2D eigenvalue weighted by molar-refractivity contribution is 0.0600. The molecule has 3 aromatic rings. The highest BCUT2D eigenvalue weighted by molar-refractivity contribution is 7.99. The molecule has 0 saturated carbocycles. The maximum absolute atomic E-state index is 13.4. The summed E-state index contributed by atoms with van der Waals surface area (Å²) in [5, 5.41) is 0.764. The van der Waals surface area contributed by atoms with Gasteiger partial charge in [0.05, 0.1) is 56.2 Å². The van der Waals surface area contributed by atoms with Crippen molar-refractivity contribution in [2.24, 2.45) is 0 Å². The van der Waals surface area contributed by atoms with Gasteiger partial charge >= 0.3 is 5.97 Å². The highest BCUT2D eigenvalue weighted by Crippen LogP contribution is 2.29. The van der Waals surface area contributed by atoms with E-state index in [-0.39, 0.29) is 23.2 Å². The molecule has 1 fully saturated rings. The third-order valence-electron chi connectivity index (χ3n) is 5.79. The molecule has 1 aliphatic heterocycles. The number of fused-ring (bicyclic) bond motifs is 1. The van der Waals surface area contributed by atoms with Crippen LogP contribution in [0.15, 0.2) is 46.3 Å². The van der Waals surface area contributed by atoms with E-state index in [1.807, 2.05) is 0 Å². The average Bonchev–Trinajstić information content (AvgIpc) is 3.41. The molecule has 1 saturated heterocycles. The fourth-order valence-corrected chi connectivity index (χ4v) is 4.83. The number of ether oxygens (including phenoxy) is 4. The zero-order chi connectivity index (χ0) is 24.9. The van der Waals surface area contributed by atoms with Crippen LogP contribution in [0.3, 0.4) is 0 Å². The molecule has 1 atom stereocenters. The highest BCUT2D eigenvalue weighted by Gasteiger charge is 2.22. The first-order valence-electron chi connectivity index (χ1n) is 11.1. The van der Waals surface area contributed by atoms with Crippen molar-refractivity contribution in [2.45, 2.75) is 30.6 Å². The van der Waals surface area contributed by atoms with Crippen LogP contribution >= 0.6 is 11.8 Å². The van der Waals surface area contributed by atoms with Crippen LogP contribution in [-0.4, -0.2) is 61.1 Å². The monoisotopic (exact) mass is 498 g/mol. The van der Waals surface area contributed by atoms with Gasteiger partial charge in [0, 0.05) is 12.2 Å². The van der Waals surface area contributed by atoms with Gasteiger partial charge in [-0.3, -0.25) is 14.2 Å². The minimum absolute atomic E-state index is 0.0512. The topological polar surface area (TPSA) is 106 Å². The number of carbonyl (C=O) groups excluding carboxylic acids is 2. The van der Waals surface area contributed by atoms with Crippen LogP contribution in [0.25, 0.3) is 10.9 Å². The number of Topliss-reactive ketones (excluding diaryl/α,β-unsaturated/α-hetero) is 1. The van der Waals surface area contributed by atoms with Gasteiger partial charge in [0.15, 0.2) is 22.4 Å². The van der Waals surface area contributed by atoms with Crippen molar-refractivity contribution in [2.75, 3.05) is 33.7 Å². The van der Waals surface area contributed by atoms with E-state index >= 15 is 0 Å². The molecule has 4 rings (SSSR count). The first kappa shape index (κ1) is 24.7. The number of thioether (sulfide) groups is 1. The molecule has 9 nitrogen and oxygen atoms in total. The summed E-state index contributed by atoms with van der Waals surface area (Å²) in [6, 6.07) is 9.61. The van der Waals surface area contributed by atoms with Crippen molar-refractivity contribution in [3.05, 3.63) is 57.9 Å². The molecule has 0 spiro atoms. The SMILES string of the molecule is COC(=O)c1ccc2c(=O)n(CC3CCCO3)c(SCC(=O)c3ccc(OC)c(OC)c3)nc2c1. The van der Waals surface area contributed by atoms with Gasteiger partial charge in [-0.05, 0) is 49.2 Å². The Balaban J connectivity index is 1.67. The molecule has 184 valence electrons. The summed E-state index contributed by atoms with van der Waals surface area (Å²) in [7, 11) is 4.33. The molecule has 35 heavy (non-hydrogen) atoms. The summed E-state index contributed by atoms with van der Waals surface area (Å²) >= 11 is 1.16. The van der Waals surface area contributed by atoms with Crippen LogP contribution in [0.4, 0.5) is 0 Å². The number of benzene rings is 2. The second-order valence-corrected chi connectivity index (χ2v) is 8.89. The molecule has 1 aliphatic rings. The Kier molecular flexibility index (Phi) is 7.72. The standard InChI is InChI=1S/C25H26N2O7S/c1-31-21-9-7-15(12-22(21)32-2)20(28)14-35-25-26-19-11-16(24(30)33-3)6-8-18(19)23(29)27(25)13-17-5-4-10-34-17/h6-9,11-12,17H,4-5,10,13-14H2,1-3H3. The minimum atomic E-state index is -0.518. The van der Waals surface area contributed by atoms with Crippen molar-refractivity contribution >= 4 is 34.4 Å². The number of carbonyl (C=O) groups is 2. The number of hydrogen-bond donors (Lipinski definition) is 0. The summed E-state index contributed by atoms with van der Waals surface area (Å²) in [6.45, 7) is 0.997.